The smallest absolute Gasteiger partial charge is 0.326 e. The number of benzene rings is 1. The number of rotatable bonds is 5. The molecule has 11 heteroatoms. The van der Waals surface area contributed by atoms with Gasteiger partial charge in [-0.05, 0) is 18.4 Å². The molecule has 0 bridgehead atoms. The summed E-state index contributed by atoms with van der Waals surface area (Å²) in [5.41, 5.74) is -0.612. The molecule has 1 aromatic carbocycles. The maximum absolute atomic E-state index is 15.0. The first-order valence-corrected chi connectivity index (χ1v) is 10.6. The van der Waals surface area contributed by atoms with E-state index in [1.165, 1.54) is 25.0 Å². The van der Waals surface area contributed by atoms with Crippen molar-refractivity contribution in [2.75, 3.05) is 17.4 Å². The van der Waals surface area contributed by atoms with E-state index >= 15 is 0 Å². The maximum atomic E-state index is 15.0. The van der Waals surface area contributed by atoms with Gasteiger partial charge in [-0.1, -0.05) is 12.8 Å². The molecule has 1 aliphatic carbocycles. The molecular formula is C16H16FN3O5S2. The van der Waals surface area contributed by atoms with E-state index in [0.717, 1.165) is 17.8 Å². The SMILES string of the molecule is O=C1CN(c2c(O)cc3sc(C(=O)NCCC4CC4)cc3c2F)S(=O)(=O)N1. The van der Waals surface area contributed by atoms with Crippen molar-refractivity contribution in [3.05, 3.63) is 22.8 Å². The number of nitrogens with one attached hydrogen (secondary N) is 2. The fraction of sp³-hybridized carbons (Fsp3) is 0.375. The number of halogens is 1. The predicted molar refractivity (Wildman–Crippen MR) is 97.5 cm³/mol. The molecule has 4 rings (SSSR count). The minimum absolute atomic E-state index is 0.00897. The van der Waals surface area contributed by atoms with Crippen LogP contribution in [0.3, 0.4) is 0 Å². The monoisotopic (exact) mass is 413 g/mol. The van der Waals surface area contributed by atoms with Crippen molar-refractivity contribution in [2.24, 2.45) is 5.92 Å². The van der Waals surface area contributed by atoms with Crippen molar-refractivity contribution in [2.45, 2.75) is 19.3 Å². The van der Waals surface area contributed by atoms with Crippen LogP contribution in [0.4, 0.5) is 10.1 Å². The average molecular weight is 413 g/mol. The number of anilines is 1. The average Bonchev–Trinajstić information content (AvgIpc) is 3.23. The Morgan fingerprint density at radius 2 is 2.15 bits per heavy atom. The third-order valence-corrected chi connectivity index (χ3v) is 7.00. The summed E-state index contributed by atoms with van der Waals surface area (Å²) in [7, 11) is -4.27. The molecule has 0 spiro atoms. The highest BCUT2D eigenvalue weighted by Crippen LogP contribution is 2.41. The van der Waals surface area contributed by atoms with Crippen LogP contribution in [0.5, 0.6) is 5.75 Å². The fourth-order valence-corrected chi connectivity index (χ4v) is 5.17. The van der Waals surface area contributed by atoms with Crippen LogP contribution in [0, 0.1) is 11.7 Å². The van der Waals surface area contributed by atoms with Crippen molar-refractivity contribution >= 4 is 49.1 Å². The number of carbonyl (C=O) groups excluding carboxylic acids is 2. The Morgan fingerprint density at radius 3 is 2.78 bits per heavy atom. The molecule has 2 aliphatic rings. The highest BCUT2D eigenvalue weighted by molar-refractivity contribution is 7.92. The number of hydrogen-bond donors (Lipinski definition) is 3. The van der Waals surface area contributed by atoms with Gasteiger partial charge in [0.2, 0.25) is 0 Å². The number of amides is 2. The second-order valence-electron chi connectivity index (χ2n) is 6.61. The van der Waals surface area contributed by atoms with Crippen LogP contribution in [0.25, 0.3) is 10.1 Å². The van der Waals surface area contributed by atoms with Crippen molar-refractivity contribution < 1.29 is 27.5 Å². The van der Waals surface area contributed by atoms with Crippen LogP contribution in [0.15, 0.2) is 12.1 Å². The van der Waals surface area contributed by atoms with Gasteiger partial charge in [0.1, 0.15) is 18.0 Å². The van der Waals surface area contributed by atoms with Crippen molar-refractivity contribution in [1.82, 2.24) is 10.0 Å². The van der Waals surface area contributed by atoms with E-state index in [-0.39, 0.29) is 16.2 Å². The number of thiophene rings is 1. The molecule has 8 nitrogen and oxygen atoms in total. The molecule has 1 aromatic heterocycles. The van der Waals surface area contributed by atoms with Gasteiger partial charge in [-0.25, -0.2) is 13.4 Å². The van der Waals surface area contributed by atoms with E-state index < -0.39 is 39.9 Å². The summed E-state index contributed by atoms with van der Waals surface area (Å²) >= 11 is 0.997. The lowest BCUT2D eigenvalue weighted by Crippen LogP contribution is -2.30. The third kappa shape index (κ3) is 3.32. The number of hydrogen-bond acceptors (Lipinski definition) is 6. The molecule has 0 atom stereocenters. The first-order chi connectivity index (χ1) is 12.8. The van der Waals surface area contributed by atoms with Crippen LogP contribution in [-0.4, -0.2) is 38.4 Å². The van der Waals surface area contributed by atoms with Gasteiger partial charge in [-0.15, -0.1) is 11.3 Å². The topological polar surface area (TPSA) is 116 Å². The molecule has 0 unspecified atom stereocenters. The van der Waals surface area contributed by atoms with Crippen molar-refractivity contribution in [1.29, 1.82) is 0 Å². The first kappa shape index (κ1) is 18.0. The molecule has 1 saturated heterocycles. The Morgan fingerprint density at radius 1 is 1.41 bits per heavy atom. The van der Waals surface area contributed by atoms with Crippen LogP contribution in [0.1, 0.15) is 28.9 Å². The van der Waals surface area contributed by atoms with Crippen molar-refractivity contribution in [3.63, 3.8) is 0 Å². The summed E-state index contributed by atoms with van der Waals surface area (Å²) in [4.78, 5) is 23.9. The largest absolute Gasteiger partial charge is 0.506 e. The van der Waals surface area contributed by atoms with E-state index in [4.69, 9.17) is 0 Å². The summed E-state index contributed by atoms with van der Waals surface area (Å²) in [6, 6.07) is 2.51. The second kappa shape index (κ2) is 6.34. The Labute approximate surface area is 158 Å². The van der Waals surface area contributed by atoms with Crippen LogP contribution >= 0.6 is 11.3 Å². The molecule has 3 N–H and O–H groups in total. The zero-order valence-electron chi connectivity index (χ0n) is 14.0. The van der Waals surface area contributed by atoms with Gasteiger partial charge in [-0.3, -0.25) is 9.59 Å². The molecule has 2 fully saturated rings. The van der Waals surface area contributed by atoms with Crippen LogP contribution in [-0.2, 0) is 15.0 Å². The Kier molecular flexibility index (Phi) is 4.22. The number of phenolic OH excluding ortho intramolecular Hbond substituents is 1. The van der Waals surface area contributed by atoms with Crippen LogP contribution in [0.2, 0.25) is 0 Å². The second-order valence-corrected chi connectivity index (χ2v) is 9.28. The maximum Gasteiger partial charge on any atom is 0.326 e. The van der Waals surface area contributed by atoms with Gasteiger partial charge >= 0.3 is 10.2 Å². The van der Waals surface area contributed by atoms with Gasteiger partial charge in [0.25, 0.3) is 11.8 Å². The third-order valence-electron chi connectivity index (χ3n) is 4.54. The molecule has 144 valence electrons. The summed E-state index contributed by atoms with van der Waals surface area (Å²) < 4.78 is 41.4. The lowest BCUT2D eigenvalue weighted by Gasteiger charge is -2.17. The minimum atomic E-state index is -4.27. The summed E-state index contributed by atoms with van der Waals surface area (Å²) in [6.07, 6.45) is 3.27. The fourth-order valence-electron chi connectivity index (χ4n) is 2.99. The Balaban J connectivity index is 1.67. The summed E-state index contributed by atoms with van der Waals surface area (Å²) in [6.45, 7) is -0.0898. The zero-order chi connectivity index (χ0) is 19.3. The lowest BCUT2D eigenvalue weighted by atomic mass is 10.2. The van der Waals surface area contributed by atoms with E-state index in [9.17, 15) is 27.5 Å². The summed E-state index contributed by atoms with van der Waals surface area (Å²) in [5.74, 6) is -2.12. The van der Waals surface area contributed by atoms with Crippen LogP contribution < -0.4 is 14.3 Å². The van der Waals surface area contributed by atoms with Crippen molar-refractivity contribution in [3.8, 4) is 5.75 Å². The molecular weight excluding hydrogens is 397 g/mol. The Hall–Kier alpha value is -2.40. The Bertz CT molecular complexity index is 1060. The van der Waals surface area contributed by atoms with Gasteiger partial charge in [0, 0.05) is 22.7 Å². The van der Waals surface area contributed by atoms with Gasteiger partial charge in [-0.2, -0.15) is 8.42 Å². The lowest BCUT2D eigenvalue weighted by molar-refractivity contribution is -0.117. The minimum Gasteiger partial charge on any atom is -0.506 e. The molecule has 2 heterocycles. The number of fused-ring (bicyclic) bond motifs is 1. The van der Waals surface area contributed by atoms with E-state index in [0.29, 0.717) is 21.5 Å². The van der Waals surface area contributed by atoms with Gasteiger partial charge < -0.3 is 10.4 Å². The summed E-state index contributed by atoms with van der Waals surface area (Å²) in [5, 5.41) is 12.9. The molecule has 2 aromatic rings. The molecule has 1 saturated carbocycles. The number of nitrogens with zero attached hydrogens (tertiary/aromatic N) is 1. The highest BCUT2D eigenvalue weighted by Gasteiger charge is 2.38. The van der Waals surface area contributed by atoms with Gasteiger partial charge in [0.15, 0.2) is 5.82 Å². The first-order valence-electron chi connectivity index (χ1n) is 8.33. The predicted octanol–water partition coefficient (Wildman–Crippen LogP) is 1.46. The standard InChI is InChI=1S/C16H16FN3O5S2/c17-14-9-5-12(16(23)18-4-3-8-1-2-8)26-11(9)6-10(21)15(14)20-7-13(22)19-27(20,24)25/h5-6,8,21H,1-4,7H2,(H,18,23)(H,19,22). The van der Waals surface area contributed by atoms with E-state index in [1.54, 1.807) is 4.72 Å². The molecule has 0 radical (unpaired) electrons. The quantitative estimate of drug-likeness (QED) is 0.686. The number of aromatic hydroxyl groups is 1. The van der Waals surface area contributed by atoms with Gasteiger partial charge in [0.05, 0.1) is 4.88 Å². The highest BCUT2D eigenvalue weighted by atomic mass is 32.2. The zero-order valence-corrected chi connectivity index (χ0v) is 15.6. The molecule has 27 heavy (non-hydrogen) atoms. The number of carbonyl (C=O) groups is 2. The normalized spacial score (nSPS) is 18.7. The number of phenols is 1. The van der Waals surface area contributed by atoms with E-state index in [1.807, 2.05) is 0 Å². The molecule has 2 amide bonds. The van der Waals surface area contributed by atoms with E-state index in [2.05, 4.69) is 5.32 Å². The molecule has 1 aliphatic heterocycles.